The second kappa shape index (κ2) is 10.5. The van der Waals surface area contributed by atoms with Gasteiger partial charge in [0.1, 0.15) is 12.4 Å². The molecule has 0 aliphatic carbocycles. The second-order valence-electron chi connectivity index (χ2n) is 6.96. The van der Waals surface area contributed by atoms with Crippen molar-refractivity contribution in [3.63, 3.8) is 0 Å². The molecule has 7 nitrogen and oxygen atoms in total. The fraction of sp³-hybridized carbons (Fsp3) is 0.550. The molecular weight excluding hydrogens is 380 g/mol. The first kappa shape index (κ1) is 22.3. The highest BCUT2D eigenvalue weighted by atomic mass is 35.5. The van der Waals surface area contributed by atoms with Gasteiger partial charge in [-0.3, -0.25) is 14.2 Å². The summed E-state index contributed by atoms with van der Waals surface area (Å²) in [6.45, 7) is 3.40. The highest BCUT2D eigenvalue weighted by molar-refractivity contribution is 6.31. The number of quaternary nitrogens is 1. The number of nitrogens with zero attached hydrogens (tertiary/aromatic N) is 3. The summed E-state index contributed by atoms with van der Waals surface area (Å²) in [6, 6.07) is 4.67. The van der Waals surface area contributed by atoms with Crippen LogP contribution >= 0.6 is 11.6 Å². The highest BCUT2D eigenvalue weighted by Gasteiger charge is 2.25. The van der Waals surface area contributed by atoms with Gasteiger partial charge >= 0.3 is 0 Å². The molecule has 3 N–H and O–H groups in total. The van der Waals surface area contributed by atoms with Crippen molar-refractivity contribution in [2.24, 2.45) is 7.05 Å². The molecule has 0 bridgehead atoms. The van der Waals surface area contributed by atoms with E-state index in [9.17, 15) is 9.59 Å². The van der Waals surface area contributed by atoms with Crippen molar-refractivity contribution in [1.82, 2.24) is 14.5 Å². The SMILES string of the molecule is COCC(=O)N(CCCCCC[NH3+])[C@@H](C)c1nc2cc(Cl)ccc2c(=O)n1C. The van der Waals surface area contributed by atoms with Crippen molar-refractivity contribution in [2.45, 2.75) is 38.6 Å². The van der Waals surface area contributed by atoms with E-state index in [2.05, 4.69) is 10.7 Å². The maximum atomic E-state index is 12.8. The van der Waals surface area contributed by atoms with E-state index in [0.717, 1.165) is 32.2 Å². The smallest absolute Gasteiger partial charge is 0.261 e. The number of hydrogen-bond acceptors (Lipinski definition) is 4. The summed E-state index contributed by atoms with van der Waals surface area (Å²) >= 11 is 6.07. The van der Waals surface area contributed by atoms with E-state index in [-0.39, 0.29) is 24.1 Å². The lowest BCUT2D eigenvalue weighted by atomic mass is 10.1. The maximum Gasteiger partial charge on any atom is 0.261 e. The Morgan fingerprint density at radius 1 is 1.32 bits per heavy atom. The molecule has 0 unspecified atom stereocenters. The molecule has 0 aliphatic heterocycles. The number of carbonyl (C=O) groups excluding carboxylic acids is 1. The van der Waals surface area contributed by atoms with Crippen molar-refractivity contribution in [1.29, 1.82) is 0 Å². The third kappa shape index (κ3) is 5.31. The van der Waals surface area contributed by atoms with Gasteiger partial charge in [-0.15, -0.1) is 0 Å². The molecule has 0 saturated carbocycles. The van der Waals surface area contributed by atoms with Crippen LogP contribution in [0.25, 0.3) is 10.9 Å². The molecule has 1 aromatic carbocycles. The second-order valence-corrected chi connectivity index (χ2v) is 7.40. The zero-order chi connectivity index (χ0) is 20.7. The van der Waals surface area contributed by atoms with Crippen molar-refractivity contribution >= 4 is 28.4 Å². The third-order valence-electron chi connectivity index (χ3n) is 4.90. The minimum Gasteiger partial charge on any atom is -0.375 e. The number of aromatic nitrogens is 2. The summed E-state index contributed by atoms with van der Waals surface area (Å²) in [5, 5.41) is 1.02. The fourth-order valence-electron chi connectivity index (χ4n) is 3.33. The number of unbranched alkanes of at least 4 members (excludes halogenated alkanes) is 3. The molecule has 1 aromatic heterocycles. The lowest BCUT2D eigenvalue weighted by Gasteiger charge is -2.30. The Morgan fingerprint density at radius 3 is 2.71 bits per heavy atom. The largest absolute Gasteiger partial charge is 0.375 e. The predicted molar refractivity (Wildman–Crippen MR) is 110 cm³/mol. The number of ether oxygens (including phenoxy) is 1. The number of halogens is 1. The average molecular weight is 410 g/mol. The van der Waals surface area contributed by atoms with Gasteiger partial charge in [-0.1, -0.05) is 18.0 Å². The van der Waals surface area contributed by atoms with E-state index in [1.807, 2.05) is 6.92 Å². The van der Waals surface area contributed by atoms with Gasteiger partial charge in [-0.05, 0) is 44.4 Å². The van der Waals surface area contributed by atoms with E-state index >= 15 is 0 Å². The molecule has 1 amide bonds. The van der Waals surface area contributed by atoms with Crippen molar-refractivity contribution in [3.8, 4) is 0 Å². The van der Waals surface area contributed by atoms with Crippen molar-refractivity contribution < 1.29 is 15.3 Å². The number of carbonyl (C=O) groups is 1. The van der Waals surface area contributed by atoms with E-state index < -0.39 is 0 Å². The lowest BCUT2D eigenvalue weighted by molar-refractivity contribution is -0.368. The molecule has 0 spiro atoms. The third-order valence-corrected chi connectivity index (χ3v) is 5.14. The Labute approximate surface area is 170 Å². The van der Waals surface area contributed by atoms with Crippen LogP contribution < -0.4 is 11.3 Å². The van der Waals surface area contributed by atoms with Crippen LogP contribution in [0.3, 0.4) is 0 Å². The normalized spacial score (nSPS) is 12.3. The Morgan fingerprint density at radius 2 is 2.04 bits per heavy atom. The zero-order valence-corrected chi connectivity index (χ0v) is 17.7. The maximum absolute atomic E-state index is 12.8. The molecule has 2 rings (SSSR count). The molecule has 2 aromatic rings. The molecule has 0 fully saturated rings. The topological polar surface area (TPSA) is 92.1 Å². The number of methoxy groups -OCH3 is 1. The average Bonchev–Trinajstić information content (AvgIpc) is 2.67. The first-order chi connectivity index (χ1) is 13.4. The van der Waals surface area contributed by atoms with Crippen LogP contribution in [0.5, 0.6) is 0 Å². The van der Waals surface area contributed by atoms with E-state index in [1.165, 1.54) is 11.7 Å². The lowest BCUT2D eigenvalue weighted by Crippen LogP contribution is -2.50. The van der Waals surface area contributed by atoms with Gasteiger partial charge in [0.2, 0.25) is 5.91 Å². The summed E-state index contributed by atoms with van der Waals surface area (Å²) < 4.78 is 6.56. The number of rotatable bonds is 10. The van der Waals surface area contributed by atoms with Gasteiger partial charge in [0.25, 0.3) is 5.56 Å². The minimum atomic E-state index is -0.364. The first-order valence-electron chi connectivity index (χ1n) is 9.64. The molecule has 154 valence electrons. The minimum absolute atomic E-state index is 0.00340. The Bertz CT molecular complexity index is 868. The Kier molecular flexibility index (Phi) is 8.41. The van der Waals surface area contributed by atoms with Crippen LogP contribution in [0.2, 0.25) is 5.02 Å². The van der Waals surface area contributed by atoms with Gasteiger partial charge in [0.15, 0.2) is 0 Å². The highest BCUT2D eigenvalue weighted by Crippen LogP contribution is 2.22. The molecule has 28 heavy (non-hydrogen) atoms. The summed E-state index contributed by atoms with van der Waals surface area (Å²) in [5.74, 6) is 0.412. The summed E-state index contributed by atoms with van der Waals surface area (Å²) in [4.78, 5) is 31.8. The van der Waals surface area contributed by atoms with Crippen LogP contribution in [0.1, 0.15) is 44.5 Å². The summed E-state index contributed by atoms with van der Waals surface area (Å²) in [5.41, 5.74) is 4.24. The number of fused-ring (bicyclic) bond motifs is 1. The van der Waals surface area contributed by atoms with E-state index in [0.29, 0.717) is 28.3 Å². The molecule has 0 aliphatic rings. The zero-order valence-electron chi connectivity index (χ0n) is 16.9. The summed E-state index contributed by atoms with van der Waals surface area (Å²) in [6.07, 6.45) is 4.09. The standard InChI is InChI=1S/C20H29ClN4O3/c1-14(25(18(26)13-28-3)11-7-5-4-6-10-22)19-23-17-12-15(21)8-9-16(17)20(27)24(19)2/h8-9,12,14H,4-7,10-11,13,22H2,1-3H3/p+1/t14-/m0/s1. The monoisotopic (exact) mass is 409 g/mol. The number of hydrogen-bond donors (Lipinski definition) is 1. The fourth-order valence-corrected chi connectivity index (χ4v) is 3.49. The molecule has 1 atom stereocenters. The van der Waals surface area contributed by atoms with Gasteiger partial charge in [-0.2, -0.15) is 0 Å². The first-order valence-corrected chi connectivity index (χ1v) is 10.0. The summed E-state index contributed by atoms with van der Waals surface area (Å²) in [7, 11) is 3.18. The van der Waals surface area contributed by atoms with Crippen LogP contribution in [-0.2, 0) is 16.6 Å². The van der Waals surface area contributed by atoms with Crippen molar-refractivity contribution in [2.75, 3.05) is 26.8 Å². The van der Waals surface area contributed by atoms with Gasteiger partial charge in [0.05, 0.1) is 23.5 Å². The number of amides is 1. The van der Waals surface area contributed by atoms with Crippen LogP contribution in [0.4, 0.5) is 0 Å². The molecule has 0 saturated heterocycles. The van der Waals surface area contributed by atoms with Crippen molar-refractivity contribution in [3.05, 3.63) is 39.4 Å². The number of benzene rings is 1. The van der Waals surface area contributed by atoms with Gasteiger partial charge in [0, 0.05) is 25.7 Å². The molecule has 1 heterocycles. The van der Waals surface area contributed by atoms with Gasteiger partial charge in [-0.25, -0.2) is 4.98 Å². The van der Waals surface area contributed by atoms with E-state index in [4.69, 9.17) is 16.3 Å². The quantitative estimate of drug-likeness (QED) is 0.607. The van der Waals surface area contributed by atoms with Gasteiger partial charge < -0.3 is 15.4 Å². The van der Waals surface area contributed by atoms with Crippen LogP contribution in [0, 0.1) is 0 Å². The molecule has 8 heteroatoms. The molecule has 0 radical (unpaired) electrons. The Hall–Kier alpha value is -1.96. The van der Waals surface area contributed by atoms with E-state index in [1.54, 1.807) is 30.1 Å². The predicted octanol–water partition coefficient (Wildman–Crippen LogP) is 1.93. The molecular formula is C20H30ClN4O3+. The van der Waals surface area contributed by atoms with Crippen LogP contribution in [-0.4, -0.2) is 47.2 Å². The van der Waals surface area contributed by atoms with Crippen LogP contribution in [0.15, 0.2) is 23.0 Å². The Balaban J connectivity index is 2.33.